The fourth-order valence-corrected chi connectivity index (χ4v) is 7.45. The van der Waals surface area contributed by atoms with Gasteiger partial charge in [0.15, 0.2) is 10.8 Å². The second kappa shape index (κ2) is 3.22. The first-order valence-corrected chi connectivity index (χ1v) is 8.44. The molecule has 4 aliphatic heterocycles. The standard InChI is InChI=1S/C18H18O6/c1-21-11(19)17-13-3-4-14(17)8-10-16(24-14)6-5-15(23-13,9-7-13)18(16,17)12(20)22-2/h7-10H,3-6H2,1-2H3/t13-,14+,15+,16-,17?,18?. The highest BCUT2D eigenvalue weighted by Crippen LogP contribution is 2.89. The van der Waals surface area contributed by atoms with Gasteiger partial charge in [-0.05, 0) is 25.7 Å². The van der Waals surface area contributed by atoms with Crippen molar-refractivity contribution in [3.63, 3.8) is 0 Å². The maximum atomic E-state index is 13.3. The highest BCUT2D eigenvalue weighted by Gasteiger charge is 3.04. The van der Waals surface area contributed by atoms with E-state index in [-0.39, 0.29) is 0 Å². The van der Waals surface area contributed by atoms with Crippen molar-refractivity contribution in [3.8, 4) is 0 Å². The van der Waals surface area contributed by atoms with Crippen LogP contribution < -0.4 is 0 Å². The molecule has 4 heterocycles. The molecule has 2 unspecified atom stereocenters. The molecule has 6 nitrogen and oxygen atoms in total. The molecule has 4 fully saturated rings. The molecule has 0 N–H and O–H groups in total. The highest BCUT2D eigenvalue weighted by atomic mass is 16.6. The molecular weight excluding hydrogens is 312 g/mol. The van der Waals surface area contributed by atoms with Gasteiger partial charge in [0.1, 0.15) is 22.4 Å². The van der Waals surface area contributed by atoms with Crippen molar-refractivity contribution >= 4 is 11.9 Å². The van der Waals surface area contributed by atoms with Crippen LogP contribution in [0.5, 0.6) is 0 Å². The smallest absolute Gasteiger partial charge is 0.319 e. The second-order valence-electron chi connectivity index (χ2n) is 7.91. The van der Waals surface area contributed by atoms with Gasteiger partial charge < -0.3 is 18.9 Å². The van der Waals surface area contributed by atoms with Crippen LogP contribution in [-0.2, 0) is 28.5 Å². The van der Waals surface area contributed by atoms with Crippen molar-refractivity contribution in [1.82, 2.24) is 0 Å². The lowest BCUT2D eigenvalue weighted by atomic mass is 9.44. The van der Waals surface area contributed by atoms with Gasteiger partial charge in [0.05, 0.1) is 14.2 Å². The number of hydrogen-bond donors (Lipinski definition) is 0. The van der Waals surface area contributed by atoms with Crippen molar-refractivity contribution in [2.24, 2.45) is 10.8 Å². The Morgan fingerprint density at radius 3 is 1.25 bits per heavy atom. The predicted molar refractivity (Wildman–Crippen MR) is 78.7 cm³/mol. The molecule has 24 heavy (non-hydrogen) atoms. The Hall–Kier alpha value is -1.66. The lowest BCUT2D eigenvalue weighted by Crippen LogP contribution is -2.70. The van der Waals surface area contributed by atoms with Crippen LogP contribution in [0, 0.1) is 10.8 Å². The molecule has 0 radical (unpaired) electrons. The molecule has 0 aromatic heterocycles. The summed E-state index contributed by atoms with van der Waals surface area (Å²) in [5.41, 5.74) is -5.87. The monoisotopic (exact) mass is 330 g/mol. The zero-order valence-corrected chi connectivity index (χ0v) is 13.6. The quantitative estimate of drug-likeness (QED) is 0.557. The van der Waals surface area contributed by atoms with Crippen molar-refractivity contribution in [1.29, 1.82) is 0 Å². The Morgan fingerprint density at radius 1 is 0.708 bits per heavy atom. The van der Waals surface area contributed by atoms with Crippen LogP contribution in [0.2, 0.25) is 0 Å². The number of esters is 2. The first-order valence-electron chi connectivity index (χ1n) is 8.44. The van der Waals surface area contributed by atoms with Crippen LogP contribution >= 0.6 is 0 Å². The molecule has 6 aliphatic rings. The predicted octanol–water partition coefficient (Wildman–Crippen LogP) is 1.05. The Bertz CT molecular complexity index is 691. The van der Waals surface area contributed by atoms with Crippen LogP contribution in [0.3, 0.4) is 0 Å². The highest BCUT2D eigenvalue weighted by molar-refractivity contribution is 5.99. The summed E-state index contributed by atoms with van der Waals surface area (Å²) in [5, 5.41) is 0. The van der Waals surface area contributed by atoms with E-state index in [0.29, 0.717) is 25.7 Å². The Balaban J connectivity index is 1.83. The summed E-state index contributed by atoms with van der Waals surface area (Å²) in [6.45, 7) is 0. The Morgan fingerprint density at radius 2 is 1.00 bits per heavy atom. The van der Waals surface area contributed by atoms with E-state index in [4.69, 9.17) is 18.9 Å². The fourth-order valence-electron chi connectivity index (χ4n) is 7.45. The summed E-state index contributed by atoms with van der Waals surface area (Å²) in [6.07, 6.45) is 10.4. The molecule has 4 bridgehead atoms. The number of hydrogen-bond acceptors (Lipinski definition) is 6. The molecule has 0 aromatic carbocycles. The normalized spacial score (nSPS) is 59.2. The van der Waals surface area contributed by atoms with Gasteiger partial charge in [0, 0.05) is 0 Å². The van der Waals surface area contributed by atoms with E-state index in [1.807, 2.05) is 24.3 Å². The van der Waals surface area contributed by atoms with Gasteiger partial charge in [-0.25, -0.2) is 0 Å². The van der Waals surface area contributed by atoms with E-state index < -0.39 is 45.2 Å². The lowest BCUT2D eigenvalue weighted by Gasteiger charge is -2.50. The third-order valence-corrected chi connectivity index (χ3v) is 7.79. The average molecular weight is 330 g/mol. The van der Waals surface area contributed by atoms with Crippen molar-refractivity contribution < 1.29 is 28.5 Å². The van der Waals surface area contributed by atoms with E-state index in [1.165, 1.54) is 14.2 Å². The number of rotatable bonds is 2. The number of carbonyl (C=O) groups excluding carboxylic acids is 2. The van der Waals surface area contributed by atoms with Gasteiger partial charge in [-0.1, -0.05) is 24.3 Å². The molecule has 0 aromatic rings. The summed E-state index contributed by atoms with van der Waals surface area (Å²) in [5.74, 6) is -0.852. The number of ether oxygens (including phenoxy) is 4. The summed E-state index contributed by atoms with van der Waals surface area (Å²) in [6, 6.07) is 0. The van der Waals surface area contributed by atoms with Crippen LogP contribution in [0.4, 0.5) is 0 Å². The van der Waals surface area contributed by atoms with Gasteiger partial charge in [-0.3, -0.25) is 9.59 Å². The molecule has 2 saturated heterocycles. The van der Waals surface area contributed by atoms with Crippen molar-refractivity contribution in [3.05, 3.63) is 24.3 Å². The first-order chi connectivity index (χ1) is 11.5. The number of methoxy groups -OCH3 is 2. The minimum atomic E-state index is -1.21. The topological polar surface area (TPSA) is 71.1 Å². The van der Waals surface area contributed by atoms with E-state index in [1.54, 1.807) is 0 Å². The van der Waals surface area contributed by atoms with Crippen LogP contribution in [0.1, 0.15) is 25.7 Å². The Labute approximate surface area is 138 Å². The molecule has 6 atom stereocenters. The van der Waals surface area contributed by atoms with Gasteiger partial charge >= 0.3 is 11.9 Å². The molecular formula is C18H18O6. The second-order valence-corrected chi connectivity index (χ2v) is 7.91. The molecule has 4 spiro atoms. The Kier molecular flexibility index (Phi) is 1.83. The van der Waals surface area contributed by atoms with E-state index in [9.17, 15) is 9.59 Å². The van der Waals surface area contributed by atoms with Crippen molar-refractivity contribution in [2.75, 3.05) is 14.2 Å². The van der Waals surface area contributed by atoms with Gasteiger partial charge in [-0.15, -0.1) is 0 Å². The summed E-state index contributed by atoms with van der Waals surface area (Å²) in [4.78, 5) is 26.7. The summed E-state index contributed by atoms with van der Waals surface area (Å²) >= 11 is 0. The molecule has 0 amide bonds. The minimum Gasteiger partial charge on any atom is -0.468 e. The fraction of sp³-hybridized carbons (Fsp3) is 0.667. The average Bonchev–Trinajstić information content (AvgIpc) is 3.36. The van der Waals surface area contributed by atoms with Crippen LogP contribution in [-0.4, -0.2) is 48.6 Å². The van der Waals surface area contributed by atoms with E-state index in [2.05, 4.69) is 0 Å². The van der Waals surface area contributed by atoms with E-state index >= 15 is 0 Å². The van der Waals surface area contributed by atoms with Crippen LogP contribution in [0.15, 0.2) is 24.3 Å². The van der Waals surface area contributed by atoms with Crippen molar-refractivity contribution in [2.45, 2.75) is 48.1 Å². The molecule has 126 valence electrons. The zero-order valence-electron chi connectivity index (χ0n) is 13.6. The maximum Gasteiger partial charge on any atom is 0.319 e. The molecule has 2 aliphatic carbocycles. The third kappa shape index (κ3) is 0.771. The van der Waals surface area contributed by atoms with Gasteiger partial charge in [0.25, 0.3) is 0 Å². The first kappa shape index (κ1) is 13.6. The maximum absolute atomic E-state index is 13.3. The summed E-state index contributed by atoms with van der Waals surface area (Å²) < 4.78 is 23.7. The van der Waals surface area contributed by atoms with Crippen LogP contribution in [0.25, 0.3) is 0 Å². The SMILES string of the molecule is COC(=O)C12C3(C(=O)OC)[C@@]45C=C[C@@]1(CC[C@]21C=C[C@@]3(CC4)O1)O5. The summed E-state index contributed by atoms with van der Waals surface area (Å²) in [7, 11) is 2.74. The van der Waals surface area contributed by atoms with E-state index in [0.717, 1.165) is 0 Å². The lowest BCUT2D eigenvalue weighted by molar-refractivity contribution is -0.181. The minimum absolute atomic E-state index is 0.426. The third-order valence-electron chi connectivity index (χ3n) is 7.79. The van der Waals surface area contributed by atoms with Gasteiger partial charge in [-0.2, -0.15) is 0 Å². The molecule has 6 heteroatoms. The van der Waals surface area contributed by atoms with Gasteiger partial charge in [0.2, 0.25) is 0 Å². The number of carbonyl (C=O) groups is 2. The molecule has 6 rings (SSSR count). The molecule has 2 saturated carbocycles. The zero-order chi connectivity index (χ0) is 16.6. The largest absolute Gasteiger partial charge is 0.468 e.